The largest absolute Gasteiger partial charge is 0.497 e. The van der Waals surface area contributed by atoms with Crippen molar-refractivity contribution < 1.29 is 18.6 Å². The van der Waals surface area contributed by atoms with Gasteiger partial charge in [0.15, 0.2) is 5.58 Å². The van der Waals surface area contributed by atoms with E-state index < -0.39 is 0 Å². The Kier molecular flexibility index (Phi) is 8.90. The average molecular weight is 969 g/mol. The molecule has 0 saturated heterocycles. The molecule has 5 heterocycles. The summed E-state index contributed by atoms with van der Waals surface area (Å²) in [6, 6.07) is 69.3. The van der Waals surface area contributed by atoms with E-state index in [2.05, 4.69) is 103 Å². The third-order valence-electron chi connectivity index (χ3n) is 15.3. The van der Waals surface area contributed by atoms with Gasteiger partial charge in [-0.25, -0.2) is 0 Å². The molecule has 0 spiro atoms. The van der Waals surface area contributed by atoms with Crippen LogP contribution >= 0.6 is 0 Å². The van der Waals surface area contributed by atoms with E-state index in [1.54, 1.807) is 21.3 Å². The predicted octanol–water partition coefficient (Wildman–Crippen LogP) is 15.7. The van der Waals surface area contributed by atoms with Crippen LogP contribution in [-0.4, -0.2) is 39.6 Å². The van der Waals surface area contributed by atoms with Crippen molar-refractivity contribution in [2.45, 2.75) is 0 Å². The number of hydrogen-bond donors (Lipinski definition) is 0. The maximum atomic E-state index is 12.7. The van der Waals surface area contributed by atoms with Crippen LogP contribution in [0.1, 0.15) is 11.1 Å². The molecule has 10 heteroatoms. The Morgan fingerprint density at radius 2 is 0.667 bits per heavy atom. The lowest BCUT2D eigenvalue weighted by Crippen LogP contribution is -2.16. The van der Waals surface area contributed by atoms with Gasteiger partial charge in [0.05, 0.1) is 88.2 Å². The molecule has 0 unspecified atom stereocenters. The van der Waals surface area contributed by atoms with E-state index in [4.69, 9.17) is 18.6 Å². The molecule has 0 N–H and O–H groups in total. The molecule has 75 heavy (non-hydrogen) atoms. The van der Waals surface area contributed by atoms with E-state index in [0.717, 1.165) is 104 Å². The Hall–Kier alpha value is -10.4. The number of furan rings is 1. The molecule has 5 aromatic heterocycles. The Morgan fingerprint density at radius 1 is 0.333 bits per heavy atom. The first-order valence-electron chi connectivity index (χ1n) is 24.6. The van der Waals surface area contributed by atoms with Gasteiger partial charge in [0, 0.05) is 53.9 Å². The molecule has 15 aromatic rings. The zero-order valence-electron chi connectivity index (χ0n) is 40.7. The lowest BCUT2D eigenvalue weighted by atomic mass is 9.98. The summed E-state index contributed by atoms with van der Waals surface area (Å²) in [4.78, 5) is 0. The van der Waals surface area contributed by atoms with Gasteiger partial charge in [0.25, 0.3) is 0 Å². The van der Waals surface area contributed by atoms with Gasteiger partial charge in [0.2, 0.25) is 0 Å². The summed E-state index contributed by atoms with van der Waals surface area (Å²) in [5, 5.41) is 34.9. The topological polar surface area (TPSA) is 108 Å². The third-order valence-corrected chi connectivity index (χ3v) is 15.3. The minimum absolute atomic E-state index is 0.326. The summed E-state index contributed by atoms with van der Waals surface area (Å²) < 4.78 is 33.3. The number of rotatable bonds is 7. The summed E-state index contributed by atoms with van der Waals surface area (Å²) in [5.74, 6) is 2.08. The number of para-hydroxylation sites is 5. The number of aromatic nitrogens is 4. The van der Waals surface area contributed by atoms with Crippen LogP contribution in [0.2, 0.25) is 0 Å². The van der Waals surface area contributed by atoms with Crippen LogP contribution in [0, 0.1) is 22.7 Å². The van der Waals surface area contributed by atoms with Crippen LogP contribution in [0.5, 0.6) is 17.2 Å². The van der Waals surface area contributed by atoms with Crippen molar-refractivity contribution >= 4 is 109 Å². The molecule has 10 aromatic carbocycles. The molecule has 0 aliphatic carbocycles. The molecular weight excluding hydrogens is 929 g/mol. The standard InChI is InChI=1S/C65H40N6O4/c1-72-37-24-29-56-47(32-37)41-15-5-9-19-52(41)68(56)60-50(35-66)62(70-54-21-11-7-17-43(54)49-34-39(74-3)26-31-58(49)70)63(51(36-67)61(60)69-53-20-10-6-16-42(53)48-33-38(73-2)25-30-57(48)69)71-55-22-12-4-14-40(55)45-27-28-46-44-18-8-13-23-59(44)75-65(46)64(45)71/h4-34H,1-3H3. The minimum Gasteiger partial charge on any atom is -0.497 e. The highest BCUT2D eigenvalue weighted by atomic mass is 16.5. The van der Waals surface area contributed by atoms with E-state index in [1.165, 1.54) is 0 Å². The van der Waals surface area contributed by atoms with E-state index in [1.807, 2.05) is 115 Å². The lowest BCUT2D eigenvalue weighted by molar-refractivity contribution is 0.415. The minimum atomic E-state index is 0.326. The van der Waals surface area contributed by atoms with Gasteiger partial charge in [-0.15, -0.1) is 0 Å². The fourth-order valence-corrected chi connectivity index (χ4v) is 12.2. The third kappa shape index (κ3) is 5.65. The second-order valence-corrected chi connectivity index (χ2v) is 18.9. The molecule has 10 nitrogen and oxygen atoms in total. The average Bonchev–Trinajstić information content (AvgIpc) is 4.32. The zero-order valence-corrected chi connectivity index (χ0v) is 40.7. The monoisotopic (exact) mass is 968 g/mol. The van der Waals surface area contributed by atoms with E-state index in [0.29, 0.717) is 56.7 Å². The molecule has 0 amide bonds. The second-order valence-electron chi connectivity index (χ2n) is 18.9. The van der Waals surface area contributed by atoms with Gasteiger partial charge in [-0.2, -0.15) is 10.5 Å². The fraction of sp³-hybridized carbons (Fsp3) is 0.0462. The highest BCUT2D eigenvalue weighted by molar-refractivity contribution is 6.23. The normalized spacial score (nSPS) is 11.9. The van der Waals surface area contributed by atoms with E-state index >= 15 is 0 Å². The molecule has 0 radical (unpaired) electrons. The van der Waals surface area contributed by atoms with Gasteiger partial charge in [-0.1, -0.05) is 97.1 Å². The lowest BCUT2D eigenvalue weighted by Gasteiger charge is -2.27. The number of nitrogens with zero attached hydrogens (tertiary/aromatic N) is 6. The summed E-state index contributed by atoms with van der Waals surface area (Å²) in [5.41, 5.74) is 10.7. The molecule has 15 rings (SSSR count). The van der Waals surface area contributed by atoms with Crippen molar-refractivity contribution in [3.05, 3.63) is 199 Å². The first kappa shape index (κ1) is 42.3. The van der Waals surface area contributed by atoms with E-state index in [9.17, 15) is 10.5 Å². The molecule has 0 atom stereocenters. The van der Waals surface area contributed by atoms with Crippen LogP contribution in [0.15, 0.2) is 192 Å². The van der Waals surface area contributed by atoms with Crippen LogP contribution in [0.25, 0.3) is 132 Å². The Bertz CT molecular complexity index is 5070. The first-order chi connectivity index (χ1) is 37.0. The molecule has 0 aliphatic heterocycles. The maximum absolute atomic E-state index is 12.7. The van der Waals surface area contributed by atoms with Gasteiger partial charge in [-0.05, 0) is 91.0 Å². The zero-order chi connectivity index (χ0) is 50.2. The number of fused-ring (bicyclic) bond motifs is 16. The molecule has 0 bridgehead atoms. The van der Waals surface area contributed by atoms with Crippen LogP contribution < -0.4 is 14.2 Å². The summed E-state index contributed by atoms with van der Waals surface area (Å²) in [6.45, 7) is 0. The summed E-state index contributed by atoms with van der Waals surface area (Å²) in [7, 11) is 5.01. The smallest absolute Gasteiger partial charge is 0.160 e. The number of methoxy groups -OCH3 is 3. The maximum Gasteiger partial charge on any atom is 0.160 e. The SMILES string of the molecule is COc1ccc2c(c1)c1ccccc1n2-c1c(C#N)c(-n2c3ccccc3c3cc(OC)ccc32)c(-n2c3ccccc3c3ccc4c5ccccc5oc4c32)c(C#N)c1-n1c2ccccc2c2cc(OC)ccc21. The van der Waals surface area contributed by atoms with Crippen LogP contribution in [0.3, 0.4) is 0 Å². The van der Waals surface area contributed by atoms with Crippen molar-refractivity contribution in [1.82, 2.24) is 18.3 Å². The van der Waals surface area contributed by atoms with Gasteiger partial charge >= 0.3 is 0 Å². The number of ether oxygens (including phenoxy) is 3. The Morgan fingerprint density at radius 3 is 1.08 bits per heavy atom. The van der Waals surface area contributed by atoms with E-state index in [-0.39, 0.29) is 0 Å². The molecule has 0 saturated carbocycles. The number of hydrogen-bond acceptors (Lipinski definition) is 6. The van der Waals surface area contributed by atoms with Crippen molar-refractivity contribution in [1.29, 1.82) is 10.5 Å². The molecule has 0 aliphatic rings. The molecule has 0 fully saturated rings. The Balaban J connectivity index is 1.28. The first-order valence-corrected chi connectivity index (χ1v) is 24.6. The van der Waals surface area contributed by atoms with Gasteiger partial charge in [0.1, 0.15) is 46.1 Å². The van der Waals surface area contributed by atoms with Crippen molar-refractivity contribution in [3.63, 3.8) is 0 Å². The number of benzene rings is 10. The van der Waals surface area contributed by atoms with Crippen molar-refractivity contribution in [2.24, 2.45) is 0 Å². The molecular formula is C65H40N6O4. The number of nitriles is 2. The van der Waals surface area contributed by atoms with Gasteiger partial charge in [-0.3, -0.25) is 0 Å². The quantitative estimate of drug-likeness (QED) is 0.157. The highest BCUT2D eigenvalue weighted by Gasteiger charge is 2.35. The second kappa shape index (κ2) is 15.8. The van der Waals surface area contributed by atoms with Crippen molar-refractivity contribution in [3.8, 4) is 52.1 Å². The summed E-state index contributed by atoms with van der Waals surface area (Å²) >= 11 is 0. The molecule has 354 valence electrons. The van der Waals surface area contributed by atoms with Crippen LogP contribution in [0.4, 0.5) is 0 Å². The summed E-state index contributed by atoms with van der Waals surface area (Å²) in [6.07, 6.45) is 0. The Labute approximate surface area is 427 Å². The van der Waals surface area contributed by atoms with Crippen molar-refractivity contribution in [2.75, 3.05) is 21.3 Å². The predicted molar refractivity (Wildman–Crippen MR) is 300 cm³/mol. The van der Waals surface area contributed by atoms with Crippen LogP contribution in [-0.2, 0) is 0 Å². The van der Waals surface area contributed by atoms with Gasteiger partial charge < -0.3 is 36.9 Å². The highest BCUT2D eigenvalue weighted by Crippen LogP contribution is 2.50. The fourth-order valence-electron chi connectivity index (χ4n) is 12.2.